The van der Waals surface area contributed by atoms with Crippen LogP contribution in [0, 0.1) is 18.3 Å². The van der Waals surface area contributed by atoms with Gasteiger partial charge in [-0.2, -0.15) is 5.26 Å². The normalized spacial score (nSPS) is 15.0. The van der Waals surface area contributed by atoms with Crippen molar-refractivity contribution in [2.75, 3.05) is 32.8 Å². The molecule has 0 spiro atoms. The molecule has 7 heteroatoms. The van der Waals surface area contributed by atoms with Crippen LogP contribution in [-0.2, 0) is 11.3 Å². The van der Waals surface area contributed by atoms with Crippen molar-refractivity contribution in [1.29, 1.82) is 5.26 Å². The predicted molar refractivity (Wildman–Crippen MR) is 89.7 cm³/mol. The van der Waals surface area contributed by atoms with Crippen LogP contribution in [0.25, 0.3) is 0 Å². The summed E-state index contributed by atoms with van der Waals surface area (Å²) in [6, 6.07) is 10.8. The third kappa shape index (κ3) is 4.58. The summed E-state index contributed by atoms with van der Waals surface area (Å²) in [4.78, 5) is 16.3. The Morgan fingerprint density at radius 3 is 2.80 bits per heavy atom. The van der Waals surface area contributed by atoms with E-state index in [2.05, 4.69) is 16.1 Å². The molecule has 7 nitrogen and oxygen atoms in total. The van der Waals surface area contributed by atoms with E-state index in [1.165, 1.54) is 0 Å². The summed E-state index contributed by atoms with van der Waals surface area (Å²) in [5, 5.41) is 12.8. The molecule has 3 rings (SSSR count). The third-order valence-corrected chi connectivity index (χ3v) is 4.11. The summed E-state index contributed by atoms with van der Waals surface area (Å²) in [6.45, 7) is 5.48. The van der Waals surface area contributed by atoms with Crippen LogP contribution in [0.2, 0.25) is 0 Å². The second-order valence-corrected chi connectivity index (χ2v) is 6.02. The lowest BCUT2D eigenvalue weighted by molar-refractivity contribution is -0.135. The van der Waals surface area contributed by atoms with Crippen LogP contribution in [0.5, 0.6) is 5.75 Å². The average molecular weight is 340 g/mol. The van der Waals surface area contributed by atoms with Crippen molar-refractivity contribution in [3.8, 4) is 11.8 Å². The minimum atomic E-state index is -0.0440. The summed E-state index contributed by atoms with van der Waals surface area (Å²) in [5.74, 6) is 1.34. The van der Waals surface area contributed by atoms with E-state index in [0.29, 0.717) is 30.9 Å². The molecule has 1 aliphatic heterocycles. The molecule has 1 saturated heterocycles. The first-order chi connectivity index (χ1) is 12.1. The van der Waals surface area contributed by atoms with Gasteiger partial charge >= 0.3 is 0 Å². The average Bonchev–Trinajstić information content (AvgIpc) is 3.05. The van der Waals surface area contributed by atoms with Crippen LogP contribution in [0.4, 0.5) is 0 Å². The van der Waals surface area contributed by atoms with Gasteiger partial charge in [-0.05, 0) is 25.1 Å². The fourth-order valence-corrected chi connectivity index (χ4v) is 2.76. The van der Waals surface area contributed by atoms with Crippen molar-refractivity contribution in [2.24, 2.45) is 0 Å². The SMILES string of the molecule is Cc1cc(CN2CCN(C(=O)COc3cccc(C#N)c3)CC2)on1. The van der Waals surface area contributed by atoms with Crippen molar-refractivity contribution < 1.29 is 14.1 Å². The molecular weight excluding hydrogens is 320 g/mol. The van der Waals surface area contributed by atoms with E-state index in [1.807, 2.05) is 13.0 Å². The number of hydrogen-bond donors (Lipinski definition) is 0. The van der Waals surface area contributed by atoms with Crippen LogP contribution in [0.15, 0.2) is 34.9 Å². The van der Waals surface area contributed by atoms with Crippen LogP contribution >= 0.6 is 0 Å². The van der Waals surface area contributed by atoms with Gasteiger partial charge in [-0.15, -0.1) is 0 Å². The minimum absolute atomic E-state index is 0.0177. The number of nitriles is 1. The van der Waals surface area contributed by atoms with Gasteiger partial charge in [0.05, 0.1) is 23.9 Å². The first-order valence-electron chi connectivity index (χ1n) is 8.19. The molecule has 1 amide bonds. The Bertz CT molecular complexity index is 773. The Balaban J connectivity index is 1.44. The molecule has 2 aromatic rings. The largest absolute Gasteiger partial charge is 0.484 e. The lowest BCUT2D eigenvalue weighted by atomic mass is 10.2. The number of ether oxygens (including phenoxy) is 1. The Labute approximate surface area is 146 Å². The highest BCUT2D eigenvalue weighted by atomic mass is 16.5. The van der Waals surface area contributed by atoms with Gasteiger partial charge in [-0.3, -0.25) is 9.69 Å². The molecule has 0 radical (unpaired) electrons. The van der Waals surface area contributed by atoms with E-state index < -0.39 is 0 Å². The summed E-state index contributed by atoms with van der Waals surface area (Å²) >= 11 is 0. The quantitative estimate of drug-likeness (QED) is 0.822. The molecule has 25 heavy (non-hydrogen) atoms. The molecule has 0 atom stereocenters. The number of nitrogens with zero attached hydrogens (tertiary/aromatic N) is 4. The number of carbonyl (C=O) groups excluding carboxylic acids is 1. The smallest absolute Gasteiger partial charge is 0.260 e. The van der Waals surface area contributed by atoms with Gasteiger partial charge in [0.1, 0.15) is 5.75 Å². The molecule has 0 aliphatic carbocycles. The summed E-state index contributed by atoms with van der Waals surface area (Å²) in [5.41, 5.74) is 1.39. The maximum Gasteiger partial charge on any atom is 0.260 e. The standard InChI is InChI=1S/C18H20N4O3/c1-14-9-17(25-20-14)12-21-5-7-22(8-6-21)18(23)13-24-16-4-2-3-15(10-16)11-19/h2-4,9-10H,5-8,12-13H2,1H3. The number of piperazine rings is 1. The van der Waals surface area contributed by atoms with E-state index in [1.54, 1.807) is 29.2 Å². The zero-order valence-corrected chi connectivity index (χ0v) is 14.1. The molecule has 0 unspecified atom stereocenters. The van der Waals surface area contributed by atoms with E-state index in [9.17, 15) is 4.79 Å². The molecule has 0 N–H and O–H groups in total. The molecule has 1 aromatic carbocycles. The Morgan fingerprint density at radius 2 is 2.12 bits per heavy atom. The van der Waals surface area contributed by atoms with Crippen LogP contribution in [0.1, 0.15) is 17.0 Å². The highest BCUT2D eigenvalue weighted by Crippen LogP contribution is 2.13. The minimum Gasteiger partial charge on any atom is -0.484 e. The predicted octanol–water partition coefficient (Wildman–Crippen LogP) is 1.58. The molecule has 1 fully saturated rings. The highest BCUT2D eigenvalue weighted by Gasteiger charge is 2.22. The number of rotatable bonds is 5. The third-order valence-electron chi connectivity index (χ3n) is 4.11. The summed E-state index contributed by atoms with van der Waals surface area (Å²) in [7, 11) is 0. The number of hydrogen-bond acceptors (Lipinski definition) is 6. The fourth-order valence-electron chi connectivity index (χ4n) is 2.76. The molecule has 130 valence electrons. The molecular formula is C18H20N4O3. The molecule has 0 saturated carbocycles. The Hall–Kier alpha value is -2.85. The van der Waals surface area contributed by atoms with Crippen LogP contribution < -0.4 is 4.74 Å². The number of aromatic nitrogens is 1. The lowest BCUT2D eigenvalue weighted by Gasteiger charge is -2.34. The van der Waals surface area contributed by atoms with Gasteiger partial charge in [0.25, 0.3) is 5.91 Å². The van der Waals surface area contributed by atoms with Gasteiger partial charge < -0.3 is 14.2 Å². The summed E-state index contributed by atoms with van der Waals surface area (Å²) in [6.07, 6.45) is 0. The second kappa shape index (κ2) is 7.81. The van der Waals surface area contributed by atoms with E-state index in [0.717, 1.165) is 24.5 Å². The Morgan fingerprint density at radius 1 is 1.32 bits per heavy atom. The molecule has 1 aromatic heterocycles. The summed E-state index contributed by atoms with van der Waals surface area (Å²) < 4.78 is 10.7. The maximum atomic E-state index is 12.3. The lowest BCUT2D eigenvalue weighted by Crippen LogP contribution is -2.49. The van der Waals surface area contributed by atoms with Crippen LogP contribution in [0.3, 0.4) is 0 Å². The number of aryl methyl sites for hydroxylation is 1. The topological polar surface area (TPSA) is 82.6 Å². The van der Waals surface area contributed by atoms with E-state index in [-0.39, 0.29) is 12.5 Å². The van der Waals surface area contributed by atoms with E-state index >= 15 is 0 Å². The fraction of sp³-hybridized carbons (Fsp3) is 0.389. The van der Waals surface area contributed by atoms with Gasteiger partial charge in [-0.1, -0.05) is 11.2 Å². The maximum absolute atomic E-state index is 12.3. The molecule has 1 aliphatic rings. The zero-order valence-electron chi connectivity index (χ0n) is 14.1. The second-order valence-electron chi connectivity index (χ2n) is 6.02. The van der Waals surface area contributed by atoms with Gasteiger partial charge in [0.2, 0.25) is 0 Å². The number of benzene rings is 1. The molecule has 2 heterocycles. The van der Waals surface area contributed by atoms with Crippen molar-refractivity contribution in [3.05, 3.63) is 47.3 Å². The molecule has 0 bridgehead atoms. The Kier molecular flexibility index (Phi) is 5.31. The van der Waals surface area contributed by atoms with Crippen molar-refractivity contribution in [2.45, 2.75) is 13.5 Å². The first-order valence-corrected chi connectivity index (χ1v) is 8.19. The van der Waals surface area contributed by atoms with Crippen LogP contribution in [-0.4, -0.2) is 53.6 Å². The van der Waals surface area contributed by atoms with Crippen molar-refractivity contribution >= 4 is 5.91 Å². The van der Waals surface area contributed by atoms with E-state index in [4.69, 9.17) is 14.5 Å². The highest BCUT2D eigenvalue weighted by molar-refractivity contribution is 5.77. The zero-order chi connectivity index (χ0) is 17.6. The number of amides is 1. The monoisotopic (exact) mass is 340 g/mol. The van der Waals surface area contributed by atoms with Gasteiger partial charge in [0.15, 0.2) is 12.4 Å². The van der Waals surface area contributed by atoms with Gasteiger partial charge in [-0.25, -0.2) is 0 Å². The van der Waals surface area contributed by atoms with Gasteiger partial charge in [0, 0.05) is 32.2 Å². The van der Waals surface area contributed by atoms with Crippen molar-refractivity contribution in [3.63, 3.8) is 0 Å². The van der Waals surface area contributed by atoms with Crippen molar-refractivity contribution in [1.82, 2.24) is 15.0 Å². The first kappa shape index (κ1) is 17.0. The number of carbonyl (C=O) groups is 1.